The molecular weight excluding hydrogens is 308 g/mol. The molecule has 0 aliphatic rings. The number of hydrogen-bond donors (Lipinski definition) is 2. The van der Waals surface area contributed by atoms with Crippen LogP contribution >= 0.6 is 12.4 Å². The fourth-order valence-corrected chi connectivity index (χ4v) is 1.88. The van der Waals surface area contributed by atoms with Gasteiger partial charge in [0, 0.05) is 18.5 Å². The highest BCUT2D eigenvalue weighted by molar-refractivity contribution is 5.91. The van der Waals surface area contributed by atoms with Crippen LogP contribution in [0.25, 0.3) is 0 Å². The van der Waals surface area contributed by atoms with Crippen molar-refractivity contribution in [3.05, 3.63) is 29.9 Å². The Morgan fingerprint density at radius 1 is 1.45 bits per heavy atom. The number of nitrogens with zero attached hydrogens (tertiary/aromatic N) is 2. The summed E-state index contributed by atoms with van der Waals surface area (Å²) in [5.41, 5.74) is 6.91. The zero-order valence-electron chi connectivity index (χ0n) is 12.5. The average molecular weight is 327 g/mol. The normalized spacial score (nSPS) is 9.91. The van der Waals surface area contributed by atoms with E-state index in [2.05, 4.69) is 15.5 Å². The molecule has 3 N–H and O–H groups in total. The smallest absolute Gasteiger partial charge is 0.226 e. The summed E-state index contributed by atoms with van der Waals surface area (Å²) in [5.74, 6) is 1.65. The molecule has 1 amide bonds. The summed E-state index contributed by atoms with van der Waals surface area (Å²) in [5, 5.41) is 6.48. The molecule has 0 atom stereocenters. The van der Waals surface area contributed by atoms with Gasteiger partial charge in [0.25, 0.3) is 0 Å². The van der Waals surface area contributed by atoms with Crippen molar-refractivity contribution in [2.45, 2.75) is 26.2 Å². The van der Waals surface area contributed by atoms with Crippen LogP contribution in [0.2, 0.25) is 0 Å². The number of methoxy groups -OCH3 is 1. The summed E-state index contributed by atoms with van der Waals surface area (Å²) in [6, 6.07) is 5.12. The molecule has 0 bridgehead atoms. The van der Waals surface area contributed by atoms with E-state index in [0.29, 0.717) is 48.1 Å². The van der Waals surface area contributed by atoms with Crippen LogP contribution in [0.15, 0.2) is 22.7 Å². The lowest BCUT2D eigenvalue weighted by Crippen LogP contribution is -2.11. The molecule has 0 aliphatic heterocycles. The molecule has 22 heavy (non-hydrogen) atoms. The van der Waals surface area contributed by atoms with E-state index in [0.717, 1.165) is 0 Å². The minimum atomic E-state index is -0.0872. The number of ether oxygens (including phenoxy) is 1. The Morgan fingerprint density at radius 2 is 2.23 bits per heavy atom. The Bertz CT molecular complexity index is 630. The van der Waals surface area contributed by atoms with Crippen molar-refractivity contribution in [3.63, 3.8) is 0 Å². The third-order valence-corrected chi connectivity index (χ3v) is 2.88. The summed E-state index contributed by atoms with van der Waals surface area (Å²) < 4.78 is 10.0. The second kappa shape index (κ2) is 8.23. The number of hydrogen-bond acceptors (Lipinski definition) is 6. The first kappa shape index (κ1) is 17.8. The number of aromatic nitrogens is 2. The van der Waals surface area contributed by atoms with Gasteiger partial charge in [0.15, 0.2) is 5.82 Å². The van der Waals surface area contributed by atoms with Crippen molar-refractivity contribution in [2.75, 3.05) is 18.2 Å². The van der Waals surface area contributed by atoms with Gasteiger partial charge in [0.2, 0.25) is 11.8 Å². The molecule has 0 spiro atoms. The highest BCUT2D eigenvalue weighted by Crippen LogP contribution is 2.24. The quantitative estimate of drug-likeness (QED) is 0.790. The van der Waals surface area contributed by atoms with Crippen molar-refractivity contribution in [1.82, 2.24) is 10.1 Å². The van der Waals surface area contributed by atoms with E-state index in [4.69, 9.17) is 15.0 Å². The van der Waals surface area contributed by atoms with E-state index < -0.39 is 0 Å². The molecule has 2 aromatic rings. The molecule has 120 valence electrons. The molecule has 0 aliphatic carbocycles. The SMILES string of the molecule is COc1ccc(NC(=O)CCCc2nc(C)no2)cc1N.Cl. The fourth-order valence-electron chi connectivity index (χ4n) is 1.88. The van der Waals surface area contributed by atoms with Gasteiger partial charge >= 0.3 is 0 Å². The first-order valence-corrected chi connectivity index (χ1v) is 6.61. The number of carbonyl (C=O) groups is 1. The molecule has 0 fully saturated rings. The molecule has 7 nitrogen and oxygen atoms in total. The molecule has 0 saturated carbocycles. The number of nitrogen functional groups attached to an aromatic ring is 1. The van der Waals surface area contributed by atoms with Crippen molar-refractivity contribution >= 4 is 29.7 Å². The maximum absolute atomic E-state index is 11.8. The van der Waals surface area contributed by atoms with Gasteiger partial charge in [-0.15, -0.1) is 12.4 Å². The Labute approximate surface area is 134 Å². The van der Waals surface area contributed by atoms with Gasteiger partial charge in [0.05, 0.1) is 12.8 Å². The van der Waals surface area contributed by atoms with Gasteiger partial charge < -0.3 is 20.3 Å². The predicted octanol–water partition coefficient (Wildman–Crippen LogP) is 2.35. The first-order valence-electron chi connectivity index (χ1n) is 6.61. The number of anilines is 2. The standard InChI is InChI=1S/C14H18N4O3.ClH/c1-9-16-14(21-18-9)5-3-4-13(19)17-10-6-7-12(20-2)11(15)8-10;/h6-8H,3-5,15H2,1-2H3,(H,17,19);1H. The second-order valence-electron chi connectivity index (χ2n) is 4.59. The number of carbonyl (C=O) groups excluding carboxylic acids is 1. The lowest BCUT2D eigenvalue weighted by molar-refractivity contribution is -0.116. The van der Waals surface area contributed by atoms with Gasteiger partial charge in [0.1, 0.15) is 5.75 Å². The first-order chi connectivity index (χ1) is 10.1. The fraction of sp³-hybridized carbons (Fsp3) is 0.357. The monoisotopic (exact) mass is 326 g/mol. The topological polar surface area (TPSA) is 103 Å². The van der Waals surface area contributed by atoms with Crippen LogP contribution in [0.4, 0.5) is 11.4 Å². The third-order valence-electron chi connectivity index (χ3n) is 2.88. The van der Waals surface area contributed by atoms with Gasteiger partial charge in [-0.3, -0.25) is 4.79 Å². The third kappa shape index (κ3) is 4.92. The molecule has 1 aromatic heterocycles. The zero-order chi connectivity index (χ0) is 15.2. The van der Waals surface area contributed by atoms with E-state index in [1.54, 1.807) is 32.2 Å². The van der Waals surface area contributed by atoms with E-state index in [9.17, 15) is 4.79 Å². The van der Waals surface area contributed by atoms with E-state index in [-0.39, 0.29) is 18.3 Å². The average Bonchev–Trinajstić information content (AvgIpc) is 2.84. The lowest BCUT2D eigenvalue weighted by Gasteiger charge is -2.08. The lowest BCUT2D eigenvalue weighted by atomic mass is 10.2. The number of aryl methyl sites for hydroxylation is 2. The number of nitrogens with one attached hydrogen (secondary N) is 1. The molecule has 8 heteroatoms. The summed E-state index contributed by atoms with van der Waals surface area (Å²) in [7, 11) is 1.54. The van der Waals surface area contributed by atoms with Crippen LogP contribution in [0, 0.1) is 6.92 Å². The van der Waals surface area contributed by atoms with Gasteiger partial charge in [-0.25, -0.2) is 0 Å². The Kier molecular flexibility index (Phi) is 6.65. The molecule has 1 aromatic carbocycles. The van der Waals surface area contributed by atoms with Crippen LogP contribution in [0.5, 0.6) is 5.75 Å². The highest BCUT2D eigenvalue weighted by atomic mass is 35.5. The number of halogens is 1. The van der Waals surface area contributed by atoms with Gasteiger partial charge in [-0.05, 0) is 31.5 Å². The summed E-state index contributed by atoms with van der Waals surface area (Å²) >= 11 is 0. The largest absolute Gasteiger partial charge is 0.495 e. The highest BCUT2D eigenvalue weighted by Gasteiger charge is 2.07. The molecule has 1 heterocycles. The summed E-state index contributed by atoms with van der Waals surface area (Å²) in [6.07, 6.45) is 1.59. The summed E-state index contributed by atoms with van der Waals surface area (Å²) in [4.78, 5) is 15.9. The second-order valence-corrected chi connectivity index (χ2v) is 4.59. The minimum absolute atomic E-state index is 0. The summed E-state index contributed by atoms with van der Waals surface area (Å²) in [6.45, 7) is 1.76. The molecular formula is C14H19ClN4O3. The Morgan fingerprint density at radius 3 is 2.82 bits per heavy atom. The van der Waals surface area contributed by atoms with Crippen LogP contribution in [0.1, 0.15) is 24.6 Å². The molecule has 0 saturated heterocycles. The Hall–Kier alpha value is -2.28. The van der Waals surface area contributed by atoms with E-state index in [1.165, 1.54) is 0 Å². The van der Waals surface area contributed by atoms with E-state index >= 15 is 0 Å². The zero-order valence-corrected chi connectivity index (χ0v) is 13.3. The van der Waals surface area contributed by atoms with E-state index in [1.807, 2.05) is 0 Å². The van der Waals surface area contributed by atoms with Crippen LogP contribution in [0.3, 0.4) is 0 Å². The molecule has 0 unspecified atom stereocenters. The predicted molar refractivity (Wildman–Crippen MR) is 85.3 cm³/mol. The van der Waals surface area contributed by atoms with Crippen molar-refractivity contribution < 1.29 is 14.1 Å². The minimum Gasteiger partial charge on any atom is -0.495 e. The van der Waals surface area contributed by atoms with Crippen LogP contribution in [-0.2, 0) is 11.2 Å². The van der Waals surface area contributed by atoms with Gasteiger partial charge in [-0.2, -0.15) is 4.98 Å². The van der Waals surface area contributed by atoms with Crippen molar-refractivity contribution in [3.8, 4) is 5.75 Å². The number of amides is 1. The van der Waals surface area contributed by atoms with Crippen molar-refractivity contribution in [1.29, 1.82) is 0 Å². The Balaban J connectivity index is 0.00000242. The number of nitrogens with two attached hydrogens (primary N) is 1. The number of benzene rings is 1. The number of rotatable bonds is 6. The molecule has 2 rings (SSSR count). The van der Waals surface area contributed by atoms with Gasteiger partial charge in [-0.1, -0.05) is 5.16 Å². The van der Waals surface area contributed by atoms with Crippen LogP contribution in [-0.4, -0.2) is 23.2 Å². The maximum Gasteiger partial charge on any atom is 0.226 e. The molecule has 0 radical (unpaired) electrons. The van der Waals surface area contributed by atoms with Crippen LogP contribution < -0.4 is 15.8 Å². The van der Waals surface area contributed by atoms with Crippen molar-refractivity contribution in [2.24, 2.45) is 0 Å². The maximum atomic E-state index is 11.8.